The number of hydrogen-bond donors (Lipinski definition) is 3. The van der Waals surface area contributed by atoms with E-state index in [1.165, 1.54) is 19.4 Å². The van der Waals surface area contributed by atoms with Gasteiger partial charge in [-0.05, 0) is 44.1 Å². The van der Waals surface area contributed by atoms with E-state index in [4.69, 9.17) is 21.1 Å². The van der Waals surface area contributed by atoms with Crippen LogP contribution >= 0.6 is 36.4 Å². The molecule has 1 fully saturated rings. The molecule has 0 radical (unpaired) electrons. The highest BCUT2D eigenvalue weighted by Gasteiger charge is 2.25. The van der Waals surface area contributed by atoms with Crippen LogP contribution in [0.2, 0.25) is 5.02 Å². The van der Waals surface area contributed by atoms with Gasteiger partial charge in [0.1, 0.15) is 11.3 Å². The summed E-state index contributed by atoms with van der Waals surface area (Å²) in [4.78, 5) is 22.3. The zero-order valence-corrected chi connectivity index (χ0v) is 23.0. The number of β-amino-alcohol motifs (C(OH)–C–C–N with tert-alkyl or cyclic N) is 1. The molecule has 0 aliphatic carbocycles. The SMILES string of the molecule is COc1cc(F)c2ncc(Cl)c(C(O)CN3CCC(NCc4ccc5c(n4)NC(=O)CO5)CC3)c2c1.Cl.Cl. The van der Waals surface area contributed by atoms with E-state index >= 15 is 0 Å². The molecule has 9 nitrogen and oxygen atoms in total. The number of carbonyl (C=O) groups excluding carboxylic acids is 1. The van der Waals surface area contributed by atoms with E-state index < -0.39 is 11.9 Å². The molecule has 1 unspecified atom stereocenters. The van der Waals surface area contributed by atoms with Crippen molar-refractivity contribution < 1.29 is 23.8 Å². The number of piperidine rings is 1. The number of nitrogens with zero attached hydrogens (tertiary/aromatic N) is 3. The Balaban J connectivity index is 0.00000200. The van der Waals surface area contributed by atoms with Crippen LogP contribution in [0.1, 0.15) is 30.2 Å². The smallest absolute Gasteiger partial charge is 0.263 e. The molecule has 0 spiro atoms. The number of likely N-dealkylation sites (tertiary alicyclic amines) is 1. The molecule has 2 aliphatic heterocycles. The van der Waals surface area contributed by atoms with Crippen LogP contribution < -0.4 is 20.1 Å². The highest BCUT2D eigenvalue weighted by Crippen LogP contribution is 2.34. The van der Waals surface area contributed by atoms with E-state index in [1.54, 1.807) is 6.07 Å². The van der Waals surface area contributed by atoms with Crippen LogP contribution in [0.4, 0.5) is 10.2 Å². The summed E-state index contributed by atoms with van der Waals surface area (Å²) >= 11 is 6.39. The van der Waals surface area contributed by atoms with Crippen LogP contribution in [0.15, 0.2) is 30.5 Å². The van der Waals surface area contributed by atoms with Gasteiger partial charge in [-0.1, -0.05) is 11.6 Å². The van der Waals surface area contributed by atoms with Crippen molar-refractivity contribution in [3.05, 3.63) is 52.6 Å². The maximum absolute atomic E-state index is 14.5. The highest BCUT2D eigenvalue weighted by molar-refractivity contribution is 6.32. The van der Waals surface area contributed by atoms with Crippen LogP contribution in [0.5, 0.6) is 11.5 Å². The van der Waals surface area contributed by atoms with Gasteiger partial charge in [-0.25, -0.2) is 9.37 Å². The van der Waals surface area contributed by atoms with Gasteiger partial charge in [0.25, 0.3) is 5.91 Å². The van der Waals surface area contributed by atoms with Crippen molar-refractivity contribution in [3.63, 3.8) is 0 Å². The van der Waals surface area contributed by atoms with Crippen molar-refractivity contribution in [1.29, 1.82) is 0 Å². The molecule has 2 aliphatic rings. The molecular formula is C25H29Cl3FN5O4. The molecule has 2 aromatic heterocycles. The van der Waals surface area contributed by atoms with Crippen LogP contribution in [0.3, 0.4) is 0 Å². The van der Waals surface area contributed by atoms with E-state index in [9.17, 15) is 14.3 Å². The first kappa shape index (κ1) is 30.1. The van der Waals surface area contributed by atoms with Gasteiger partial charge in [-0.2, -0.15) is 0 Å². The molecule has 1 atom stereocenters. The lowest BCUT2D eigenvalue weighted by Gasteiger charge is -2.34. The number of aliphatic hydroxyl groups is 1. The normalized spacial score (nSPS) is 16.5. The van der Waals surface area contributed by atoms with Gasteiger partial charge in [0.2, 0.25) is 0 Å². The molecule has 0 bridgehead atoms. The van der Waals surface area contributed by atoms with Crippen molar-refractivity contribution in [3.8, 4) is 11.5 Å². The first-order valence-electron chi connectivity index (χ1n) is 11.8. The Labute approximate surface area is 236 Å². The van der Waals surface area contributed by atoms with Crippen molar-refractivity contribution >= 4 is 59.0 Å². The standard InChI is InChI=1S/C25H27ClFN5O4.2ClH/c1-35-16-8-17-23(18(26)11-29-24(17)19(27)9-16)20(33)12-32-6-4-14(5-7-32)28-10-15-2-3-21-25(30-15)31-22(34)13-36-21;;/h2-3,8-9,11,14,20,28,33H,4-7,10,12-13H2,1H3,(H,30,31,34);2*1H. The quantitative estimate of drug-likeness (QED) is 0.382. The molecule has 5 rings (SSSR count). The largest absolute Gasteiger partial charge is 0.497 e. The molecule has 1 saturated heterocycles. The maximum Gasteiger partial charge on any atom is 0.263 e. The summed E-state index contributed by atoms with van der Waals surface area (Å²) in [7, 11) is 1.46. The summed E-state index contributed by atoms with van der Waals surface area (Å²) in [6.07, 6.45) is 2.26. The lowest BCUT2D eigenvalue weighted by molar-refractivity contribution is -0.118. The molecule has 38 heavy (non-hydrogen) atoms. The Hall–Kier alpha value is -2.47. The third-order valence-electron chi connectivity index (χ3n) is 6.58. The molecule has 0 saturated carbocycles. The Morgan fingerprint density at radius 3 is 2.82 bits per heavy atom. The van der Waals surface area contributed by atoms with E-state index in [-0.39, 0.29) is 42.8 Å². The van der Waals surface area contributed by atoms with Gasteiger partial charge < -0.3 is 30.1 Å². The maximum atomic E-state index is 14.5. The molecule has 1 aromatic carbocycles. The van der Waals surface area contributed by atoms with Crippen LogP contribution in [-0.4, -0.2) is 65.3 Å². The number of hydrogen-bond acceptors (Lipinski definition) is 8. The molecule has 13 heteroatoms. The van der Waals surface area contributed by atoms with Crippen molar-refractivity contribution in [2.24, 2.45) is 0 Å². The summed E-state index contributed by atoms with van der Waals surface area (Å²) in [5.41, 5.74) is 1.42. The number of aromatic nitrogens is 2. The van der Waals surface area contributed by atoms with Gasteiger partial charge in [0.05, 0.1) is 23.9 Å². The average molecular weight is 589 g/mol. The highest BCUT2D eigenvalue weighted by atomic mass is 35.5. The molecule has 1 amide bonds. The van der Waals surface area contributed by atoms with E-state index in [0.717, 1.165) is 31.6 Å². The minimum Gasteiger partial charge on any atom is -0.497 e. The lowest BCUT2D eigenvalue weighted by atomic mass is 10.0. The number of anilines is 1. The summed E-state index contributed by atoms with van der Waals surface area (Å²) in [6.45, 7) is 2.52. The Morgan fingerprint density at radius 1 is 1.32 bits per heavy atom. The monoisotopic (exact) mass is 587 g/mol. The van der Waals surface area contributed by atoms with Gasteiger partial charge in [0.15, 0.2) is 24.0 Å². The fourth-order valence-corrected chi connectivity index (χ4v) is 4.97. The first-order valence-corrected chi connectivity index (χ1v) is 12.2. The van der Waals surface area contributed by atoms with Crippen molar-refractivity contribution in [1.82, 2.24) is 20.2 Å². The lowest BCUT2D eigenvalue weighted by Crippen LogP contribution is -2.43. The third kappa shape index (κ3) is 6.56. The topological polar surface area (TPSA) is 109 Å². The van der Waals surface area contributed by atoms with E-state index in [1.807, 2.05) is 12.1 Å². The Bertz CT molecular complexity index is 1290. The van der Waals surface area contributed by atoms with Gasteiger partial charge in [-0.15, -0.1) is 24.8 Å². The second kappa shape index (κ2) is 13.1. The van der Waals surface area contributed by atoms with E-state index in [0.29, 0.717) is 52.4 Å². The number of pyridine rings is 2. The number of benzene rings is 1. The number of rotatable bonds is 7. The fourth-order valence-electron chi connectivity index (χ4n) is 4.69. The zero-order chi connectivity index (χ0) is 25.2. The van der Waals surface area contributed by atoms with Crippen molar-refractivity contribution in [2.45, 2.75) is 31.5 Å². The predicted octanol–water partition coefficient (Wildman–Crippen LogP) is 3.89. The first-order chi connectivity index (χ1) is 17.4. The fraction of sp³-hybridized carbons (Fsp3) is 0.400. The number of carbonyl (C=O) groups is 1. The number of methoxy groups -OCH3 is 1. The van der Waals surface area contributed by atoms with Gasteiger partial charge in [-0.3, -0.25) is 9.78 Å². The number of ether oxygens (including phenoxy) is 2. The molecule has 206 valence electrons. The van der Waals surface area contributed by atoms with E-state index in [2.05, 4.69) is 25.5 Å². The van der Waals surface area contributed by atoms with Gasteiger partial charge >= 0.3 is 0 Å². The van der Waals surface area contributed by atoms with Crippen LogP contribution in [-0.2, 0) is 11.3 Å². The number of nitrogens with one attached hydrogen (secondary N) is 2. The summed E-state index contributed by atoms with van der Waals surface area (Å²) in [6, 6.07) is 6.91. The predicted molar refractivity (Wildman–Crippen MR) is 147 cm³/mol. The number of aliphatic hydroxyl groups excluding tert-OH is 1. The van der Waals surface area contributed by atoms with Gasteiger partial charge in [0, 0.05) is 42.3 Å². The zero-order valence-electron chi connectivity index (χ0n) is 20.6. The molecule has 3 N–H and O–H groups in total. The third-order valence-corrected chi connectivity index (χ3v) is 6.88. The minimum atomic E-state index is -0.906. The average Bonchev–Trinajstić information content (AvgIpc) is 2.87. The minimum absolute atomic E-state index is 0. The number of fused-ring (bicyclic) bond motifs is 2. The molecule has 3 aromatic rings. The van der Waals surface area contributed by atoms with Crippen molar-refractivity contribution in [2.75, 3.05) is 38.7 Å². The number of amides is 1. The second-order valence-corrected chi connectivity index (χ2v) is 9.39. The summed E-state index contributed by atoms with van der Waals surface area (Å²) in [5, 5.41) is 18.0. The summed E-state index contributed by atoms with van der Waals surface area (Å²) in [5.74, 6) is 0.639. The Morgan fingerprint density at radius 2 is 2.08 bits per heavy atom. The second-order valence-electron chi connectivity index (χ2n) is 8.98. The Kier molecular flexibility index (Phi) is 10.3. The summed E-state index contributed by atoms with van der Waals surface area (Å²) < 4.78 is 25.0. The molecular weight excluding hydrogens is 560 g/mol. The van der Waals surface area contributed by atoms with Crippen LogP contribution in [0, 0.1) is 5.82 Å². The number of halogens is 4. The van der Waals surface area contributed by atoms with Crippen LogP contribution in [0.25, 0.3) is 10.9 Å². The molecule has 4 heterocycles.